The van der Waals surface area contributed by atoms with Crippen LogP contribution in [0.5, 0.6) is 0 Å². The summed E-state index contributed by atoms with van der Waals surface area (Å²) in [5.41, 5.74) is 7.16. The predicted octanol–water partition coefficient (Wildman–Crippen LogP) is 2.65. The Balaban J connectivity index is 1.69. The quantitative estimate of drug-likeness (QED) is 0.839. The standard InChI is InChI=1S/C18H28ClN3O/c1-13(2)17(20)18(23)21-11-14-7-9-22(10-8-14)12-15-3-5-16(19)6-4-15/h3-6,13-14,17H,7-12,20H2,1-2H3,(H,21,23)/t17-/m0/s1. The number of piperidine rings is 1. The second kappa shape index (κ2) is 8.67. The maximum absolute atomic E-state index is 11.9. The Bertz CT molecular complexity index is 495. The number of nitrogens with zero attached hydrogens (tertiary/aromatic N) is 1. The molecule has 1 saturated heterocycles. The minimum absolute atomic E-state index is 0.0245. The van der Waals surface area contributed by atoms with Gasteiger partial charge in [-0.15, -0.1) is 0 Å². The van der Waals surface area contributed by atoms with Gasteiger partial charge in [0.25, 0.3) is 0 Å². The van der Waals surface area contributed by atoms with E-state index in [1.54, 1.807) is 0 Å². The van der Waals surface area contributed by atoms with Gasteiger partial charge in [-0.1, -0.05) is 37.6 Å². The molecule has 0 spiro atoms. The number of carbonyl (C=O) groups is 1. The van der Waals surface area contributed by atoms with E-state index in [0.717, 1.165) is 44.0 Å². The second-order valence-corrected chi connectivity index (χ2v) is 7.30. The van der Waals surface area contributed by atoms with E-state index in [1.807, 2.05) is 26.0 Å². The normalized spacial score (nSPS) is 18.1. The molecule has 2 rings (SSSR count). The van der Waals surface area contributed by atoms with E-state index in [9.17, 15) is 4.79 Å². The van der Waals surface area contributed by atoms with E-state index in [0.29, 0.717) is 5.92 Å². The Morgan fingerprint density at radius 2 is 1.91 bits per heavy atom. The van der Waals surface area contributed by atoms with Crippen LogP contribution < -0.4 is 11.1 Å². The van der Waals surface area contributed by atoms with E-state index in [-0.39, 0.29) is 11.8 Å². The molecule has 1 atom stereocenters. The highest BCUT2D eigenvalue weighted by Crippen LogP contribution is 2.19. The molecule has 1 aromatic rings. The number of carbonyl (C=O) groups excluding carboxylic acids is 1. The lowest BCUT2D eigenvalue weighted by Gasteiger charge is -2.32. The van der Waals surface area contributed by atoms with E-state index < -0.39 is 6.04 Å². The van der Waals surface area contributed by atoms with Crippen molar-refractivity contribution in [2.75, 3.05) is 19.6 Å². The molecule has 1 aromatic carbocycles. The number of amides is 1. The van der Waals surface area contributed by atoms with Crippen LogP contribution in [0.15, 0.2) is 24.3 Å². The fourth-order valence-corrected chi connectivity index (χ4v) is 2.99. The number of nitrogens with two attached hydrogens (primary N) is 1. The van der Waals surface area contributed by atoms with Gasteiger partial charge in [0.05, 0.1) is 6.04 Å². The van der Waals surface area contributed by atoms with E-state index in [4.69, 9.17) is 17.3 Å². The summed E-state index contributed by atoms with van der Waals surface area (Å²) in [6.45, 7) is 7.79. The summed E-state index contributed by atoms with van der Waals surface area (Å²) in [4.78, 5) is 14.4. The average molecular weight is 338 g/mol. The van der Waals surface area contributed by atoms with Gasteiger partial charge in [-0.05, 0) is 55.5 Å². The number of likely N-dealkylation sites (tertiary alicyclic amines) is 1. The molecule has 23 heavy (non-hydrogen) atoms. The molecule has 0 saturated carbocycles. The summed E-state index contributed by atoms with van der Waals surface area (Å²) in [6.07, 6.45) is 2.23. The van der Waals surface area contributed by atoms with Crippen LogP contribution >= 0.6 is 11.6 Å². The van der Waals surface area contributed by atoms with Crippen molar-refractivity contribution >= 4 is 17.5 Å². The molecule has 1 fully saturated rings. The van der Waals surface area contributed by atoms with Crippen molar-refractivity contribution in [1.82, 2.24) is 10.2 Å². The Hall–Kier alpha value is -1.10. The van der Waals surface area contributed by atoms with E-state index in [1.165, 1.54) is 5.56 Å². The van der Waals surface area contributed by atoms with Gasteiger partial charge in [-0.2, -0.15) is 0 Å². The highest BCUT2D eigenvalue weighted by Gasteiger charge is 2.22. The molecule has 0 radical (unpaired) electrons. The van der Waals surface area contributed by atoms with Gasteiger partial charge >= 0.3 is 0 Å². The molecule has 0 aliphatic carbocycles. The van der Waals surface area contributed by atoms with Gasteiger partial charge in [0.2, 0.25) is 5.91 Å². The fourth-order valence-electron chi connectivity index (χ4n) is 2.86. The van der Waals surface area contributed by atoms with Crippen molar-refractivity contribution in [1.29, 1.82) is 0 Å². The van der Waals surface area contributed by atoms with Crippen molar-refractivity contribution in [3.05, 3.63) is 34.9 Å². The van der Waals surface area contributed by atoms with Gasteiger partial charge < -0.3 is 11.1 Å². The lowest BCUT2D eigenvalue weighted by molar-refractivity contribution is -0.123. The number of benzene rings is 1. The van der Waals surface area contributed by atoms with Gasteiger partial charge in [-0.3, -0.25) is 9.69 Å². The van der Waals surface area contributed by atoms with Crippen LogP contribution in [-0.4, -0.2) is 36.5 Å². The van der Waals surface area contributed by atoms with E-state index >= 15 is 0 Å². The van der Waals surface area contributed by atoms with Crippen LogP contribution in [0.25, 0.3) is 0 Å². The smallest absolute Gasteiger partial charge is 0.237 e. The summed E-state index contributed by atoms with van der Waals surface area (Å²) < 4.78 is 0. The Morgan fingerprint density at radius 3 is 2.48 bits per heavy atom. The lowest BCUT2D eigenvalue weighted by atomic mass is 9.96. The lowest BCUT2D eigenvalue weighted by Crippen LogP contribution is -2.46. The number of hydrogen-bond acceptors (Lipinski definition) is 3. The molecule has 1 aliphatic heterocycles. The fraction of sp³-hybridized carbons (Fsp3) is 0.611. The van der Waals surface area contributed by atoms with Crippen LogP contribution in [0.2, 0.25) is 5.02 Å². The van der Waals surface area contributed by atoms with Crippen LogP contribution in [-0.2, 0) is 11.3 Å². The molecular formula is C18H28ClN3O. The SMILES string of the molecule is CC(C)[C@H](N)C(=O)NCC1CCN(Cc2ccc(Cl)cc2)CC1. The first-order valence-corrected chi connectivity index (χ1v) is 8.83. The zero-order valence-electron chi connectivity index (χ0n) is 14.1. The topological polar surface area (TPSA) is 58.4 Å². The average Bonchev–Trinajstić information content (AvgIpc) is 2.55. The maximum atomic E-state index is 11.9. The largest absolute Gasteiger partial charge is 0.354 e. The first kappa shape index (κ1) is 18.2. The molecule has 0 bridgehead atoms. The van der Waals surface area contributed by atoms with Crippen LogP contribution in [0.3, 0.4) is 0 Å². The van der Waals surface area contributed by atoms with Crippen molar-refractivity contribution in [2.24, 2.45) is 17.6 Å². The summed E-state index contributed by atoms with van der Waals surface area (Å²) in [7, 11) is 0. The molecule has 128 valence electrons. The maximum Gasteiger partial charge on any atom is 0.237 e. The van der Waals surface area contributed by atoms with E-state index in [2.05, 4.69) is 22.3 Å². The Labute approximate surface area is 144 Å². The molecule has 1 aliphatic rings. The molecule has 0 aromatic heterocycles. The molecule has 1 amide bonds. The van der Waals surface area contributed by atoms with Gasteiger partial charge in [0.1, 0.15) is 0 Å². The molecule has 4 nitrogen and oxygen atoms in total. The van der Waals surface area contributed by atoms with Crippen molar-refractivity contribution in [3.63, 3.8) is 0 Å². The predicted molar refractivity (Wildman–Crippen MR) is 95.3 cm³/mol. The summed E-state index contributed by atoms with van der Waals surface area (Å²) in [5.74, 6) is 0.708. The van der Waals surface area contributed by atoms with Gasteiger partial charge in [0, 0.05) is 18.1 Å². The second-order valence-electron chi connectivity index (χ2n) is 6.86. The van der Waals surface area contributed by atoms with Gasteiger partial charge in [-0.25, -0.2) is 0 Å². The number of nitrogens with one attached hydrogen (secondary N) is 1. The van der Waals surface area contributed by atoms with Crippen molar-refractivity contribution in [3.8, 4) is 0 Å². The number of rotatable bonds is 6. The summed E-state index contributed by atoms with van der Waals surface area (Å²) in [5, 5.41) is 3.79. The Morgan fingerprint density at radius 1 is 1.30 bits per heavy atom. The molecule has 3 N–H and O–H groups in total. The van der Waals surface area contributed by atoms with Gasteiger partial charge in [0.15, 0.2) is 0 Å². The third kappa shape index (κ3) is 5.79. The number of halogens is 1. The van der Waals surface area contributed by atoms with Crippen LogP contribution in [0, 0.1) is 11.8 Å². The first-order valence-electron chi connectivity index (χ1n) is 8.46. The monoisotopic (exact) mass is 337 g/mol. The molecule has 5 heteroatoms. The van der Waals surface area contributed by atoms with Crippen molar-refractivity contribution in [2.45, 2.75) is 39.3 Å². The van der Waals surface area contributed by atoms with Crippen LogP contribution in [0.1, 0.15) is 32.3 Å². The summed E-state index contributed by atoms with van der Waals surface area (Å²) in [6, 6.07) is 7.65. The molecular weight excluding hydrogens is 310 g/mol. The summed E-state index contributed by atoms with van der Waals surface area (Å²) >= 11 is 5.92. The zero-order chi connectivity index (χ0) is 16.8. The van der Waals surface area contributed by atoms with Crippen LogP contribution in [0.4, 0.5) is 0 Å². The molecule has 1 heterocycles. The van der Waals surface area contributed by atoms with Crippen molar-refractivity contribution < 1.29 is 4.79 Å². The highest BCUT2D eigenvalue weighted by molar-refractivity contribution is 6.30. The zero-order valence-corrected chi connectivity index (χ0v) is 14.9. The third-order valence-corrected chi connectivity index (χ3v) is 4.86. The number of hydrogen-bond donors (Lipinski definition) is 2. The minimum atomic E-state index is -0.403. The Kier molecular flexibility index (Phi) is 6.88. The highest BCUT2D eigenvalue weighted by atomic mass is 35.5. The molecule has 0 unspecified atom stereocenters. The third-order valence-electron chi connectivity index (χ3n) is 4.61. The minimum Gasteiger partial charge on any atom is -0.354 e. The first-order chi connectivity index (χ1) is 11.0.